The third-order valence-electron chi connectivity index (χ3n) is 2.12. The monoisotopic (exact) mass is 241 g/mol. The molecule has 0 heterocycles. The van der Waals surface area contributed by atoms with E-state index in [1.807, 2.05) is 34.6 Å². The van der Waals surface area contributed by atoms with Gasteiger partial charge in [0.2, 0.25) is 0 Å². The maximum atomic E-state index is 12.1. The molecule has 1 atom stereocenters. The Kier molecular flexibility index (Phi) is 4.83. The summed E-state index contributed by atoms with van der Waals surface area (Å²) < 4.78 is 36.2. The summed E-state index contributed by atoms with van der Waals surface area (Å²) in [6, 6.07) is 0. The van der Waals surface area contributed by atoms with Crippen molar-refractivity contribution in [2.45, 2.75) is 58.9 Å². The summed E-state index contributed by atoms with van der Waals surface area (Å²) in [5, 5.41) is 11.6. The molecule has 0 aromatic carbocycles. The van der Waals surface area contributed by atoms with Gasteiger partial charge in [-0.25, -0.2) is 0 Å². The van der Waals surface area contributed by atoms with Gasteiger partial charge in [-0.2, -0.15) is 13.2 Å². The highest BCUT2D eigenvalue weighted by Crippen LogP contribution is 2.27. The van der Waals surface area contributed by atoms with Gasteiger partial charge in [0.05, 0.1) is 0 Å². The number of β-amino-alcohol motifs (C(OH)–C–C–N with tert-alkyl or cyclic N) is 1. The Labute approximate surface area is 95.2 Å². The fraction of sp³-hybridized carbons (Fsp3) is 1.00. The van der Waals surface area contributed by atoms with E-state index in [2.05, 4.69) is 5.32 Å². The fourth-order valence-electron chi connectivity index (χ4n) is 1.88. The van der Waals surface area contributed by atoms with Crippen LogP contribution in [0.1, 0.15) is 41.0 Å². The summed E-state index contributed by atoms with van der Waals surface area (Å²) in [6.07, 6.45) is -6.12. The first-order valence-electron chi connectivity index (χ1n) is 5.33. The maximum absolute atomic E-state index is 12.1. The third kappa shape index (κ3) is 7.06. The van der Waals surface area contributed by atoms with Crippen LogP contribution in [0.5, 0.6) is 0 Å². The highest BCUT2D eigenvalue weighted by molar-refractivity contribution is 4.84. The van der Waals surface area contributed by atoms with E-state index in [0.29, 0.717) is 0 Å². The lowest BCUT2D eigenvalue weighted by atomic mass is 9.82. The van der Waals surface area contributed by atoms with Crippen LogP contribution in [-0.4, -0.2) is 29.5 Å². The number of hydrogen-bond donors (Lipinski definition) is 2. The minimum atomic E-state index is -4.55. The van der Waals surface area contributed by atoms with Crippen molar-refractivity contribution in [1.82, 2.24) is 5.32 Å². The molecule has 0 saturated heterocycles. The Morgan fingerprint density at radius 1 is 1.06 bits per heavy atom. The second kappa shape index (κ2) is 4.92. The van der Waals surface area contributed by atoms with Crippen LogP contribution in [0.25, 0.3) is 0 Å². The number of aliphatic hydroxyl groups is 1. The second-order valence-corrected chi connectivity index (χ2v) is 6.06. The normalized spacial score (nSPS) is 16.3. The summed E-state index contributed by atoms with van der Waals surface area (Å²) in [6.45, 7) is 9.28. The molecule has 1 unspecified atom stereocenters. The Morgan fingerprint density at radius 2 is 1.50 bits per heavy atom. The van der Waals surface area contributed by atoms with Crippen molar-refractivity contribution in [3.63, 3.8) is 0 Å². The second-order valence-electron chi connectivity index (χ2n) is 6.06. The van der Waals surface area contributed by atoms with Crippen LogP contribution >= 0.6 is 0 Å². The molecule has 0 amide bonds. The molecule has 0 aliphatic carbocycles. The Bertz CT molecular complexity index is 218. The van der Waals surface area contributed by atoms with E-state index in [9.17, 15) is 13.2 Å². The van der Waals surface area contributed by atoms with E-state index in [0.717, 1.165) is 6.42 Å². The first-order chi connectivity index (χ1) is 6.83. The molecule has 2 nitrogen and oxygen atoms in total. The maximum Gasteiger partial charge on any atom is 0.415 e. The summed E-state index contributed by atoms with van der Waals surface area (Å²) in [4.78, 5) is 0. The Morgan fingerprint density at radius 3 is 1.81 bits per heavy atom. The largest absolute Gasteiger partial charge is 0.415 e. The molecular weight excluding hydrogens is 219 g/mol. The smallest absolute Gasteiger partial charge is 0.382 e. The van der Waals surface area contributed by atoms with E-state index in [1.165, 1.54) is 0 Å². The first-order valence-corrected chi connectivity index (χ1v) is 5.33. The average Bonchev–Trinajstić information content (AvgIpc) is 1.93. The van der Waals surface area contributed by atoms with Gasteiger partial charge in [0.1, 0.15) is 0 Å². The van der Waals surface area contributed by atoms with Crippen LogP contribution in [0.2, 0.25) is 0 Å². The van der Waals surface area contributed by atoms with Gasteiger partial charge in [0, 0.05) is 12.1 Å². The summed E-state index contributed by atoms with van der Waals surface area (Å²) in [5.74, 6) is 0. The SMILES string of the molecule is CC(C)(C)CC(C)(C)NCC(O)C(F)(F)F. The van der Waals surface area contributed by atoms with Gasteiger partial charge in [0.25, 0.3) is 0 Å². The number of nitrogens with one attached hydrogen (secondary N) is 1. The van der Waals surface area contributed by atoms with E-state index in [1.54, 1.807) is 0 Å². The lowest BCUT2D eigenvalue weighted by Gasteiger charge is -2.34. The van der Waals surface area contributed by atoms with Gasteiger partial charge in [0.15, 0.2) is 6.10 Å². The molecule has 0 aromatic heterocycles. The number of hydrogen-bond acceptors (Lipinski definition) is 2. The van der Waals surface area contributed by atoms with Crippen molar-refractivity contribution >= 4 is 0 Å². The molecule has 2 N–H and O–H groups in total. The predicted octanol–water partition coefficient (Wildman–Crippen LogP) is 2.71. The molecule has 0 spiro atoms. The molecule has 0 aliphatic rings. The molecule has 5 heteroatoms. The minimum absolute atomic E-state index is 0.0275. The fourth-order valence-corrected chi connectivity index (χ4v) is 1.88. The quantitative estimate of drug-likeness (QED) is 0.793. The minimum Gasteiger partial charge on any atom is -0.382 e. The van der Waals surface area contributed by atoms with Gasteiger partial charge in [-0.1, -0.05) is 20.8 Å². The molecule has 0 bridgehead atoms. The van der Waals surface area contributed by atoms with Crippen molar-refractivity contribution in [3.05, 3.63) is 0 Å². The van der Waals surface area contributed by atoms with Gasteiger partial charge in [-0.05, 0) is 25.7 Å². The van der Waals surface area contributed by atoms with Gasteiger partial charge in [-0.15, -0.1) is 0 Å². The zero-order chi connectivity index (χ0) is 13.2. The molecule has 0 aromatic rings. The first kappa shape index (κ1) is 15.7. The lowest BCUT2D eigenvalue weighted by Crippen LogP contribution is -2.48. The molecule has 16 heavy (non-hydrogen) atoms. The molecule has 0 aliphatic heterocycles. The van der Waals surface area contributed by atoms with E-state index >= 15 is 0 Å². The third-order valence-corrected chi connectivity index (χ3v) is 2.12. The highest BCUT2D eigenvalue weighted by atomic mass is 19.4. The molecule has 0 radical (unpaired) electrons. The predicted molar refractivity (Wildman–Crippen MR) is 58.2 cm³/mol. The van der Waals surface area contributed by atoms with Crippen LogP contribution in [0.4, 0.5) is 13.2 Å². The van der Waals surface area contributed by atoms with Crippen molar-refractivity contribution in [1.29, 1.82) is 0 Å². The van der Waals surface area contributed by atoms with E-state index in [-0.39, 0.29) is 5.41 Å². The van der Waals surface area contributed by atoms with Crippen molar-refractivity contribution in [3.8, 4) is 0 Å². The molecule has 0 rings (SSSR count). The van der Waals surface area contributed by atoms with Crippen LogP contribution in [0.3, 0.4) is 0 Å². The van der Waals surface area contributed by atoms with E-state index in [4.69, 9.17) is 5.11 Å². The zero-order valence-corrected chi connectivity index (χ0v) is 10.6. The molecule has 0 saturated carbocycles. The van der Waals surface area contributed by atoms with E-state index < -0.39 is 24.4 Å². The average molecular weight is 241 g/mol. The Balaban J connectivity index is 4.19. The van der Waals surface area contributed by atoms with Crippen LogP contribution in [0.15, 0.2) is 0 Å². The standard InChI is InChI=1S/C11H22F3NO/c1-9(2,3)7-10(4,5)15-6-8(16)11(12,13)14/h8,15-16H,6-7H2,1-5H3. The van der Waals surface area contributed by atoms with Crippen molar-refractivity contribution < 1.29 is 18.3 Å². The summed E-state index contributed by atoms with van der Waals surface area (Å²) in [7, 11) is 0. The molecule has 98 valence electrons. The van der Waals surface area contributed by atoms with Gasteiger partial charge in [-0.3, -0.25) is 0 Å². The van der Waals surface area contributed by atoms with Gasteiger partial charge < -0.3 is 10.4 Å². The Hall–Kier alpha value is -0.290. The van der Waals surface area contributed by atoms with Crippen LogP contribution < -0.4 is 5.32 Å². The van der Waals surface area contributed by atoms with Crippen molar-refractivity contribution in [2.75, 3.05) is 6.54 Å². The highest BCUT2D eigenvalue weighted by Gasteiger charge is 2.39. The zero-order valence-electron chi connectivity index (χ0n) is 10.6. The van der Waals surface area contributed by atoms with Crippen LogP contribution in [0, 0.1) is 5.41 Å². The number of halogens is 3. The summed E-state index contributed by atoms with van der Waals surface area (Å²) >= 11 is 0. The topological polar surface area (TPSA) is 32.3 Å². The van der Waals surface area contributed by atoms with Crippen molar-refractivity contribution in [2.24, 2.45) is 5.41 Å². The number of alkyl halides is 3. The lowest BCUT2D eigenvalue weighted by molar-refractivity contribution is -0.202. The molecular formula is C11H22F3NO. The number of rotatable bonds is 4. The van der Waals surface area contributed by atoms with Crippen LogP contribution in [-0.2, 0) is 0 Å². The summed E-state index contributed by atoms with van der Waals surface area (Å²) in [5.41, 5.74) is -0.399. The molecule has 0 fully saturated rings. The number of aliphatic hydroxyl groups excluding tert-OH is 1. The van der Waals surface area contributed by atoms with Gasteiger partial charge >= 0.3 is 6.18 Å².